The van der Waals surface area contributed by atoms with E-state index in [0.29, 0.717) is 0 Å². The highest BCUT2D eigenvalue weighted by Gasteiger charge is 2.13. The number of rotatable bonds is 2. The van der Waals surface area contributed by atoms with Gasteiger partial charge in [-0.05, 0) is 18.8 Å². The van der Waals surface area contributed by atoms with Gasteiger partial charge in [-0.15, -0.1) is 12.4 Å². The van der Waals surface area contributed by atoms with Crippen LogP contribution < -0.4 is 5.48 Å². The van der Waals surface area contributed by atoms with Crippen LogP contribution in [0.15, 0.2) is 0 Å². The molecule has 0 saturated heterocycles. The van der Waals surface area contributed by atoms with Crippen LogP contribution in [0.1, 0.15) is 25.7 Å². The Balaban J connectivity index is 0.000000640. The van der Waals surface area contributed by atoms with Gasteiger partial charge in [-0.3, -0.25) is 0 Å². The van der Waals surface area contributed by atoms with Crippen LogP contribution in [-0.2, 0) is 0 Å². The number of nitrogens with one attached hydrogen (secondary N) is 1. The molecule has 0 spiro atoms. The van der Waals surface area contributed by atoms with Gasteiger partial charge in [0.05, 0.1) is 0 Å². The Kier molecular flexibility index (Phi) is 5.15. The molecular weight excluding hydrogens is 138 g/mol. The zero-order valence-corrected chi connectivity index (χ0v) is 6.28. The first-order chi connectivity index (χ1) is 3.93. The molecule has 56 valence electrons. The third-order valence-corrected chi connectivity index (χ3v) is 1.85. The monoisotopic (exact) mass is 151 g/mol. The van der Waals surface area contributed by atoms with Gasteiger partial charge in [-0.2, -0.15) is 0 Å². The van der Waals surface area contributed by atoms with Crippen LogP contribution in [0.25, 0.3) is 0 Å². The van der Waals surface area contributed by atoms with Gasteiger partial charge in [-0.25, -0.2) is 5.48 Å². The fraction of sp³-hybridized carbons (Fsp3) is 1.00. The first-order valence-electron chi connectivity index (χ1n) is 3.30. The van der Waals surface area contributed by atoms with Crippen LogP contribution in [0.2, 0.25) is 0 Å². The highest BCUT2D eigenvalue weighted by atomic mass is 35.5. The predicted octanol–water partition coefficient (Wildman–Crippen LogP) is 1.58. The SMILES string of the molecule is Cl.ONCC1CCCC1. The molecule has 0 bridgehead atoms. The Labute approximate surface area is 62.0 Å². The molecule has 0 radical (unpaired) electrons. The van der Waals surface area contributed by atoms with Crippen LogP contribution in [0.4, 0.5) is 0 Å². The molecule has 1 aliphatic rings. The maximum Gasteiger partial charge on any atom is 0.0235 e. The van der Waals surface area contributed by atoms with E-state index >= 15 is 0 Å². The standard InChI is InChI=1S/C6H13NO.ClH/c8-7-5-6-3-1-2-4-6;/h6-8H,1-5H2;1H. The smallest absolute Gasteiger partial charge is 0.0235 e. The summed E-state index contributed by atoms with van der Waals surface area (Å²) in [6.07, 6.45) is 5.31. The third kappa shape index (κ3) is 3.04. The van der Waals surface area contributed by atoms with Gasteiger partial charge in [0.15, 0.2) is 0 Å². The molecule has 0 atom stereocenters. The zero-order valence-electron chi connectivity index (χ0n) is 5.47. The highest BCUT2D eigenvalue weighted by molar-refractivity contribution is 5.85. The molecule has 0 heterocycles. The van der Waals surface area contributed by atoms with E-state index in [4.69, 9.17) is 5.21 Å². The van der Waals surface area contributed by atoms with Gasteiger partial charge in [0.1, 0.15) is 0 Å². The van der Waals surface area contributed by atoms with E-state index in [0.717, 1.165) is 12.5 Å². The maximum absolute atomic E-state index is 8.28. The zero-order chi connectivity index (χ0) is 5.82. The highest BCUT2D eigenvalue weighted by Crippen LogP contribution is 2.23. The number of hydroxylamine groups is 1. The van der Waals surface area contributed by atoms with Gasteiger partial charge in [-0.1, -0.05) is 12.8 Å². The van der Waals surface area contributed by atoms with Crippen molar-refractivity contribution in [2.24, 2.45) is 5.92 Å². The van der Waals surface area contributed by atoms with Gasteiger partial charge >= 0.3 is 0 Å². The van der Waals surface area contributed by atoms with Gasteiger partial charge in [0.25, 0.3) is 0 Å². The second-order valence-electron chi connectivity index (χ2n) is 2.51. The first-order valence-corrected chi connectivity index (χ1v) is 3.30. The number of hydrogen-bond acceptors (Lipinski definition) is 2. The minimum atomic E-state index is 0. The Morgan fingerprint density at radius 1 is 1.33 bits per heavy atom. The molecule has 3 heteroatoms. The second-order valence-corrected chi connectivity index (χ2v) is 2.51. The molecule has 9 heavy (non-hydrogen) atoms. The van der Waals surface area contributed by atoms with Crippen LogP contribution in [0, 0.1) is 5.92 Å². The summed E-state index contributed by atoms with van der Waals surface area (Å²) in [6, 6.07) is 0. The van der Waals surface area contributed by atoms with E-state index in [1.54, 1.807) is 0 Å². The lowest BCUT2D eigenvalue weighted by Gasteiger charge is -2.03. The van der Waals surface area contributed by atoms with Crippen molar-refractivity contribution in [3.8, 4) is 0 Å². The van der Waals surface area contributed by atoms with E-state index in [2.05, 4.69) is 5.48 Å². The molecule has 1 saturated carbocycles. The normalized spacial score (nSPS) is 19.7. The summed E-state index contributed by atoms with van der Waals surface area (Å²) >= 11 is 0. The molecule has 0 aromatic heterocycles. The molecule has 0 aromatic carbocycles. The fourth-order valence-corrected chi connectivity index (χ4v) is 1.34. The van der Waals surface area contributed by atoms with Crippen molar-refractivity contribution in [2.45, 2.75) is 25.7 Å². The summed E-state index contributed by atoms with van der Waals surface area (Å²) < 4.78 is 0. The van der Waals surface area contributed by atoms with Crippen molar-refractivity contribution in [2.75, 3.05) is 6.54 Å². The molecular formula is C6H14ClNO. The van der Waals surface area contributed by atoms with Crippen LogP contribution in [0.3, 0.4) is 0 Å². The average Bonchev–Trinajstić information content (AvgIpc) is 2.19. The van der Waals surface area contributed by atoms with Crippen molar-refractivity contribution in [1.82, 2.24) is 5.48 Å². The molecule has 1 rings (SSSR count). The predicted molar refractivity (Wildman–Crippen MR) is 39.0 cm³/mol. The molecule has 1 fully saturated rings. The van der Waals surface area contributed by atoms with E-state index in [1.165, 1.54) is 25.7 Å². The maximum atomic E-state index is 8.28. The fourth-order valence-electron chi connectivity index (χ4n) is 1.34. The Bertz CT molecular complexity index is 64.1. The van der Waals surface area contributed by atoms with Crippen molar-refractivity contribution in [3.05, 3.63) is 0 Å². The van der Waals surface area contributed by atoms with Gasteiger partial charge < -0.3 is 5.21 Å². The van der Waals surface area contributed by atoms with Crippen molar-refractivity contribution in [1.29, 1.82) is 0 Å². The minimum absolute atomic E-state index is 0. The van der Waals surface area contributed by atoms with E-state index in [-0.39, 0.29) is 12.4 Å². The lowest BCUT2D eigenvalue weighted by Crippen LogP contribution is -2.16. The molecule has 2 nitrogen and oxygen atoms in total. The molecule has 0 aliphatic heterocycles. The Hall–Kier alpha value is 0.210. The molecule has 0 aromatic rings. The first kappa shape index (κ1) is 9.21. The van der Waals surface area contributed by atoms with Crippen LogP contribution >= 0.6 is 12.4 Å². The van der Waals surface area contributed by atoms with E-state index < -0.39 is 0 Å². The van der Waals surface area contributed by atoms with E-state index in [9.17, 15) is 0 Å². The summed E-state index contributed by atoms with van der Waals surface area (Å²) in [6.45, 7) is 0.792. The lowest BCUT2D eigenvalue weighted by atomic mass is 10.1. The van der Waals surface area contributed by atoms with Crippen LogP contribution in [0.5, 0.6) is 0 Å². The van der Waals surface area contributed by atoms with Crippen LogP contribution in [-0.4, -0.2) is 11.8 Å². The quantitative estimate of drug-likeness (QED) is 0.588. The number of halogens is 1. The summed E-state index contributed by atoms with van der Waals surface area (Å²) in [7, 11) is 0. The second kappa shape index (κ2) is 5.03. The van der Waals surface area contributed by atoms with Gasteiger partial charge in [0, 0.05) is 6.54 Å². The topological polar surface area (TPSA) is 32.3 Å². The lowest BCUT2D eigenvalue weighted by molar-refractivity contribution is 0.149. The third-order valence-electron chi connectivity index (χ3n) is 1.85. The summed E-state index contributed by atoms with van der Waals surface area (Å²) in [5, 5.41) is 8.28. The average molecular weight is 152 g/mol. The molecule has 2 N–H and O–H groups in total. The Morgan fingerprint density at radius 2 is 1.89 bits per heavy atom. The van der Waals surface area contributed by atoms with Crippen molar-refractivity contribution in [3.63, 3.8) is 0 Å². The summed E-state index contributed by atoms with van der Waals surface area (Å²) in [4.78, 5) is 0. The van der Waals surface area contributed by atoms with Crippen molar-refractivity contribution >= 4 is 12.4 Å². The largest absolute Gasteiger partial charge is 0.317 e. The number of hydrogen-bond donors (Lipinski definition) is 2. The molecule has 0 amide bonds. The summed E-state index contributed by atoms with van der Waals surface area (Å²) in [5.41, 5.74) is 2.21. The molecule has 1 aliphatic carbocycles. The van der Waals surface area contributed by atoms with Gasteiger partial charge in [0.2, 0.25) is 0 Å². The van der Waals surface area contributed by atoms with E-state index in [1.807, 2.05) is 0 Å². The Morgan fingerprint density at radius 3 is 2.33 bits per heavy atom. The molecule has 0 unspecified atom stereocenters. The van der Waals surface area contributed by atoms with Crippen molar-refractivity contribution < 1.29 is 5.21 Å². The summed E-state index contributed by atoms with van der Waals surface area (Å²) in [5.74, 6) is 0.750. The minimum Gasteiger partial charge on any atom is -0.317 e.